The fourth-order valence-electron chi connectivity index (χ4n) is 1.11. The van der Waals surface area contributed by atoms with Crippen LogP contribution in [-0.2, 0) is 0 Å². The van der Waals surface area contributed by atoms with Crippen LogP contribution in [0.1, 0.15) is 17.5 Å². The average molecular weight is 197 g/mol. The first-order valence-electron chi connectivity index (χ1n) is 4.27. The van der Waals surface area contributed by atoms with Crippen LogP contribution < -0.4 is 0 Å². The summed E-state index contributed by atoms with van der Waals surface area (Å²) in [5.74, 6) is 0. The number of rotatable bonds is 3. The van der Waals surface area contributed by atoms with Crippen molar-refractivity contribution in [1.82, 2.24) is 0 Å². The average Bonchev–Trinajstić information content (AvgIpc) is 2.09. The van der Waals surface area contributed by atoms with E-state index in [-0.39, 0.29) is 6.61 Å². The molecule has 0 heterocycles. The standard InChI is InChI=1S/C11H13ClO/c1-9-8-11(12)6-5-10(9)4-2-3-7-13/h2,4-6,8,13H,3,7H2,1H3. The van der Waals surface area contributed by atoms with Crippen LogP contribution in [0.4, 0.5) is 0 Å². The molecule has 1 aromatic carbocycles. The molecule has 0 aliphatic heterocycles. The molecule has 0 bridgehead atoms. The normalized spacial score (nSPS) is 11.0. The Morgan fingerprint density at radius 1 is 1.46 bits per heavy atom. The molecule has 70 valence electrons. The summed E-state index contributed by atoms with van der Waals surface area (Å²) in [4.78, 5) is 0. The third kappa shape index (κ3) is 3.21. The van der Waals surface area contributed by atoms with E-state index in [0.29, 0.717) is 6.42 Å². The van der Waals surface area contributed by atoms with Gasteiger partial charge in [-0.3, -0.25) is 0 Å². The minimum absolute atomic E-state index is 0.198. The topological polar surface area (TPSA) is 20.2 Å². The van der Waals surface area contributed by atoms with Crippen LogP contribution in [0.25, 0.3) is 6.08 Å². The van der Waals surface area contributed by atoms with Gasteiger partial charge in [0.2, 0.25) is 0 Å². The quantitative estimate of drug-likeness (QED) is 0.788. The molecule has 13 heavy (non-hydrogen) atoms. The molecule has 0 saturated carbocycles. The predicted octanol–water partition coefficient (Wildman–Crippen LogP) is 3.04. The molecule has 0 fully saturated rings. The Morgan fingerprint density at radius 3 is 2.85 bits per heavy atom. The second-order valence-electron chi connectivity index (χ2n) is 2.92. The van der Waals surface area contributed by atoms with Gasteiger partial charge in [0.15, 0.2) is 0 Å². The monoisotopic (exact) mass is 196 g/mol. The molecule has 1 N–H and O–H groups in total. The number of hydrogen-bond donors (Lipinski definition) is 1. The molecule has 1 rings (SSSR count). The van der Waals surface area contributed by atoms with Gasteiger partial charge in [-0.25, -0.2) is 0 Å². The highest BCUT2D eigenvalue weighted by Gasteiger charge is 1.94. The maximum absolute atomic E-state index is 8.59. The number of benzene rings is 1. The highest BCUT2D eigenvalue weighted by atomic mass is 35.5. The molecule has 0 atom stereocenters. The van der Waals surface area contributed by atoms with Crippen molar-refractivity contribution in [2.75, 3.05) is 6.61 Å². The second kappa shape index (κ2) is 5.05. The van der Waals surface area contributed by atoms with Crippen molar-refractivity contribution in [3.63, 3.8) is 0 Å². The predicted molar refractivity (Wildman–Crippen MR) is 56.9 cm³/mol. The van der Waals surface area contributed by atoms with Gasteiger partial charge in [0.05, 0.1) is 0 Å². The largest absolute Gasteiger partial charge is 0.396 e. The van der Waals surface area contributed by atoms with Gasteiger partial charge in [0.1, 0.15) is 0 Å². The molecular formula is C11H13ClO. The minimum Gasteiger partial charge on any atom is -0.396 e. The minimum atomic E-state index is 0.198. The van der Waals surface area contributed by atoms with Crippen LogP contribution >= 0.6 is 11.6 Å². The lowest BCUT2D eigenvalue weighted by molar-refractivity contribution is 0.303. The molecule has 1 nitrogen and oxygen atoms in total. The van der Waals surface area contributed by atoms with E-state index in [4.69, 9.17) is 16.7 Å². The third-order valence-corrected chi connectivity index (χ3v) is 2.06. The van der Waals surface area contributed by atoms with Crippen molar-refractivity contribution in [3.05, 3.63) is 40.4 Å². The Labute approximate surface area is 83.7 Å². The van der Waals surface area contributed by atoms with Gasteiger partial charge in [-0.1, -0.05) is 29.8 Å². The Hall–Kier alpha value is -0.790. The number of halogens is 1. The number of aliphatic hydroxyl groups excluding tert-OH is 1. The summed E-state index contributed by atoms with van der Waals surface area (Å²) in [6.45, 7) is 2.22. The van der Waals surface area contributed by atoms with E-state index in [1.54, 1.807) is 0 Å². The summed E-state index contributed by atoms with van der Waals surface area (Å²) in [5.41, 5.74) is 2.31. The van der Waals surface area contributed by atoms with Crippen LogP contribution in [-0.4, -0.2) is 11.7 Å². The summed E-state index contributed by atoms with van der Waals surface area (Å²) in [6.07, 6.45) is 4.65. The first-order chi connectivity index (χ1) is 6.24. The van der Waals surface area contributed by atoms with Crippen LogP contribution in [0.5, 0.6) is 0 Å². The van der Waals surface area contributed by atoms with Gasteiger partial charge in [-0.2, -0.15) is 0 Å². The molecule has 0 unspecified atom stereocenters. The van der Waals surface area contributed by atoms with E-state index in [1.807, 2.05) is 37.3 Å². The molecular weight excluding hydrogens is 184 g/mol. The lowest BCUT2D eigenvalue weighted by atomic mass is 10.1. The second-order valence-corrected chi connectivity index (χ2v) is 3.35. The van der Waals surface area contributed by atoms with Crippen molar-refractivity contribution in [2.24, 2.45) is 0 Å². The van der Waals surface area contributed by atoms with Crippen LogP contribution in [0.2, 0.25) is 5.02 Å². The molecule has 0 aliphatic rings. The summed E-state index contributed by atoms with van der Waals surface area (Å²) in [7, 11) is 0. The molecule has 0 radical (unpaired) electrons. The zero-order valence-electron chi connectivity index (χ0n) is 7.63. The molecule has 0 saturated heterocycles. The van der Waals surface area contributed by atoms with Crippen molar-refractivity contribution in [2.45, 2.75) is 13.3 Å². The first-order valence-corrected chi connectivity index (χ1v) is 4.65. The molecule has 1 aromatic rings. The SMILES string of the molecule is Cc1cc(Cl)ccc1C=CCCO. The summed E-state index contributed by atoms with van der Waals surface area (Å²) in [5, 5.41) is 9.35. The van der Waals surface area contributed by atoms with E-state index in [9.17, 15) is 0 Å². The Morgan fingerprint density at radius 2 is 2.23 bits per heavy atom. The lowest BCUT2D eigenvalue weighted by Gasteiger charge is -1.99. The van der Waals surface area contributed by atoms with E-state index < -0.39 is 0 Å². The Balaban J connectivity index is 2.77. The van der Waals surface area contributed by atoms with Gasteiger partial charge >= 0.3 is 0 Å². The molecule has 0 aliphatic carbocycles. The highest BCUT2D eigenvalue weighted by Crippen LogP contribution is 2.16. The summed E-state index contributed by atoms with van der Waals surface area (Å²) >= 11 is 5.81. The smallest absolute Gasteiger partial charge is 0.0465 e. The molecule has 0 spiro atoms. The fraction of sp³-hybridized carbons (Fsp3) is 0.273. The summed E-state index contributed by atoms with van der Waals surface area (Å²) in [6, 6.07) is 5.78. The molecule has 0 amide bonds. The van der Waals surface area contributed by atoms with E-state index in [0.717, 1.165) is 16.1 Å². The van der Waals surface area contributed by atoms with E-state index >= 15 is 0 Å². The van der Waals surface area contributed by atoms with Crippen molar-refractivity contribution in [1.29, 1.82) is 0 Å². The van der Waals surface area contributed by atoms with Gasteiger partial charge < -0.3 is 5.11 Å². The zero-order valence-corrected chi connectivity index (χ0v) is 8.38. The van der Waals surface area contributed by atoms with Crippen molar-refractivity contribution < 1.29 is 5.11 Å². The summed E-state index contributed by atoms with van der Waals surface area (Å²) < 4.78 is 0. The Bertz CT molecular complexity index is 305. The van der Waals surface area contributed by atoms with Crippen LogP contribution in [0.3, 0.4) is 0 Å². The van der Waals surface area contributed by atoms with Gasteiger partial charge in [0.25, 0.3) is 0 Å². The maximum Gasteiger partial charge on any atom is 0.0465 e. The van der Waals surface area contributed by atoms with Gasteiger partial charge in [0, 0.05) is 11.6 Å². The van der Waals surface area contributed by atoms with E-state index in [1.165, 1.54) is 0 Å². The van der Waals surface area contributed by atoms with E-state index in [2.05, 4.69) is 0 Å². The first kappa shape index (κ1) is 10.3. The molecule has 2 heteroatoms. The van der Waals surface area contributed by atoms with Gasteiger partial charge in [-0.05, 0) is 36.6 Å². The maximum atomic E-state index is 8.59. The van der Waals surface area contributed by atoms with Crippen molar-refractivity contribution >= 4 is 17.7 Å². The van der Waals surface area contributed by atoms with Crippen LogP contribution in [0.15, 0.2) is 24.3 Å². The highest BCUT2D eigenvalue weighted by molar-refractivity contribution is 6.30. The molecule has 0 aromatic heterocycles. The third-order valence-electron chi connectivity index (χ3n) is 1.83. The number of aliphatic hydroxyl groups is 1. The van der Waals surface area contributed by atoms with Crippen LogP contribution in [0, 0.1) is 6.92 Å². The van der Waals surface area contributed by atoms with Gasteiger partial charge in [-0.15, -0.1) is 0 Å². The fourth-order valence-corrected chi connectivity index (χ4v) is 1.34. The number of hydrogen-bond acceptors (Lipinski definition) is 1. The van der Waals surface area contributed by atoms with Crippen molar-refractivity contribution in [3.8, 4) is 0 Å². The lowest BCUT2D eigenvalue weighted by Crippen LogP contribution is -1.80. The number of aryl methyl sites for hydroxylation is 1. The Kier molecular flexibility index (Phi) is 4.00. The zero-order chi connectivity index (χ0) is 9.68.